The second-order valence-corrected chi connectivity index (χ2v) is 7.67. The maximum Gasteiger partial charge on any atom is 0.317 e. The van der Waals surface area contributed by atoms with E-state index in [-0.39, 0.29) is 24.7 Å². The van der Waals surface area contributed by atoms with E-state index in [2.05, 4.69) is 19.2 Å². The molecule has 2 atom stereocenters. The van der Waals surface area contributed by atoms with Crippen molar-refractivity contribution in [3.63, 3.8) is 0 Å². The van der Waals surface area contributed by atoms with Gasteiger partial charge in [-0.3, -0.25) is 9.69 Å². The number of carbonyl (C=O) groups is 2. The van der Waals surface area contributed by atoms with E-state index >= 15 is 0 Å². The summed E-state index contributed by atoms with van der Waals surface area (Å²) in [6.07, 6.45) is 1.72. The number of hydrogen-bond donors (Lipinski definition) is 2. The first-order valence-corrected chi connectivity index (χ1v) is 8.34. The number of hydrogen-bond acceptors (Lipinski definition) is 3. The van der Waals surface area contributed by atoms with E-state index in [1.54, 1.807) is 0 Å². The monoisotopic (exact) mass is 309 g/mol. The van der Waals surface area contributed by atoms with Gasteiger partial charge in [-0.1, -0.05) is 20.8 Å². The van der Waals surface area contributed by atoms with Gasteiger partial charge in [-0.05, 0) is 36.6 Å². The van der Waals surface area contributed by atoms with Crippen LogP contribution in [0.4, 0.5) is 4.79 Å². The first kappa shape index (κ1) is 15.6. The second kappa shape index (κ2) is 5.41. The topological polar surface area (TPSA) is 72.9 Å². The van der Waals surface area contributed by atoms with Gasteiger partial charge in [0.1, 0.15) is 0 Å². The number of likely N-dealkylation sites (N-methyl/N-ethyl adjacent to an activating group) is 1. The molecule has 2 saturated carbocycles. The zero-order valence-electron chi connectivity index (χ0n) is 13.7. The highest BCUT2D eigenvalue weighted by Gasteiger charge is 2.62. The number of nitrogens with one attached hydrogen (secondary N) is 1. The third-order valence-corrected chi connectivity index (χ3v) is 6.11. The first-order chi connectivity index (χ1) is 10.3. The van der Waals surface area contributed by atoms with Gasteiger partial charge in [-0.15, -0.1) is 0 Å². The normalized spacial score (nSPS) is 35.0. The molecule has 0 spiro atoms. The van der Waals surface area contributed by atoms with E-state index in [0.29, 0.717) is 17.3 Å². The molecular formula is C16H27N3O3. The van der Waals surface area contributed by atoms with Crippen molar-refractivity contribution >= 4 is 12.0 Å². The van der Waals surface area contributed by atoms with Crippen LogP contribution in [0.5, 0.6) is 0 Å². The van der Waals surface area contributed by atoms with Crippen LogP contribution in [0.2, 0.25) is 0 Å². The zero-order chi connectivity index (χ0) is 16.1. The Bertz CT molecular complexity index is 459. The molecule has 0 radical (unpaired) electrons. The predicted molar refractivity (Wildman–Crippen MR) is 82.6 cm³/mol. The summed E-state index contributed by atoms with van der Waals surface area (Å²) in [6, 6.07) is 0.551. The summed E-state index contributed by atoms with van der Waals surface area (Å²) in [5, 5.41) is 12.0. The van der Waals surface area contributed by atoms with Crippen molar-refractivity contribution in [3.8, 4) is 0 Å². The standard InChI is InChI=1S/C16H27N3O3/c1-4-18(9-14(20)21)11-5-10(6-11)17-15(22)19-7-12-13(8-19)16(12,2)3/h10-13H,4-9H2,1-3H3,(H,17,22)(H,20,21). The first-order valence-electron chi connectivity index (χ1n) is 8.34. The van der Waals surface area contributed by atoms with Crippen molar-refractivity contribution in [2.45, 2.75) is 45.7 Å². The van der Waals surface area contributed by atoms with Crippen LogP contribution in [-0.2, 0) is 4.79 Å². The molecule has 22 heavy (non-hydrogen) atoms. The minimum atomic E-state index is -0.784. The van der Waals surface area contributed by atoms with Crippen LogP contribution in [0.3, 0.4) is 0 Å². The number of carboxylic acids is 1. The summed E-state index contributed by atoms with van der Waals surface area (Å²) >= 11 is 0. The largest absolute Gasteiger partial charge is 0.480 e. The Morgan fingerprint density at radius 1 is 1.27 bits per heavy atom. The minimum absolute atomic E-state index is 0.0627. The van der Waals surface area contributed by atoms with Crippen LogP contribution < -0.4 is 5.32 Å². The summed E-state index contributed by atoms with van der Waals surface area (Å²) in [5.41, 5.74) is 0.427. The third-order valence-electron chi connectivity index (χ3n) is 6.11. The van der Waals surface area contributed by atoms with Crippen LogP contribution in [-0.4, -0.2) is 65.2 Å². The molecule has 0 aromatic rings. The van der Waals surface area contributed by atoms with Crippen LogP contribution in [0, 0.1) is 17.3 Å². The summed E-state index contributed by atoms with van der Waals surface area (Å²) in [5.74, 6) is 0.574. The van der Waals surface area contributed by atoms with Gasteiger partial charge >= 0.3 is 12.0 Å². The number of nitrogens with zero attached hydrogens (tertiary/aromatic N) is 2. The molecule has 1 aliphatic heterocycles. The minimum Gasteiger partial charge on any atom is -0.480 e. The Morgan fingerprint density at radius 2 is 1.86 bits per heavy atom. The van der Waals surface area contributed by atoms with Gasteiger partial charge in [0.05, 0.1) is 6.54 Å². The molecule has 1 heterocycles. The van der Waals surface area contributed by atoms with Crippen LogP contribution in [0.15, 0.2) is 0 Å². The van der Waals surface area contributed by atoms with Crippen molar-refractivity contribution < 1.29 is 14.7 Å². The Morgan fingerprint density at radius 3 is 2.36 bits per heavy atom. The molecule has 0 bridgehead atoms. The van der Waals surface area contributed by atoms with Gasteiger partial charge in [0.15, 0.2) is 0 Å². The van der Waals surface area contributed by atoms with Crippen LogP contribution >= 0.6 is 0 Å². The highest BCUT2D eigenvalue weighted by Crippen LogP contribution is 2.61. The number of carboxylic acid groups (broad SMARTS) is 1. The number of urea groups is 1. The maximum absolute atomic E-state index is 12.3. The Kier molecular flexibility index (Phi) is 3.83. The fraction of sp³-hybridized carbons (Fsp3) is 0.875. The fourth-order valence-electron chi connectivity index (χ4n) is 4.24. The quantitative estimate of drug-likeness (QED) is 0.801. The highest BCUT2D eigenvalue weighted by atomic mass is 16.4. The molecule has 1 saturated heterocycles. The van der Waals surface area contributed by atoms with Crippen molar-refractivity contribution in [2.75, 3.05) is 26.2 Å². The number of piperidine rings is 1. The molecule has 3 aliphatic rings. The number of amides is 2. The molecular weight excluding hydrogens is 282 g/mol. The lowest BCUT2D eigenvalue weighted by molar-refractivity contribution is -0.139. The molecule has 2 amide bonds. The lowest BCUT2D eigenvalue weighted by atomic mass is 9.85. The van der Waals surface area contributed by atoms with Crippen LogP contribution in [0.1, 0.15) is 33.6 Å². The van der Waals surface area contributed by atoms with Crippen molar-refractivity contribution in [3.05, 3.63) is 0 Å². The third kappa shape index (κ3) is 2.69. The average Bonchev–Trinajstić information content (AvgIpc) is 2.80. The van der Waals surface area contributed by atoms with E-state index < -0.39 is 5.97 Å². The molecule has 0 aromatic carbocycles. The number of rotatable bonds is 5. The molecule has 6 nitrogen and oxygen atoms in total. The van der Waals surface area contributed by atoms with Gasteiger partial charge in [0.25, 0.3) is 0 Å². The van der Waals surface area contributed by atoms with E-state index in [1.807, 2.05) is 16.7 Å². The van der Waals surface area contributed by atoms with Crippen molar-refractivity contribution in [2.24, 2.45) is 17.3 Å². The Hall–Kier alpha value is -1.30. The molecule has 2 unspecified atom stereocenters. The smallest absolute Gasteiger partial charge is 0.317 e. The zero-order valence-corrected chi connectivity index (χ0v) is 13.7. The van der Waals surface area contributed by atoms with Crippen molar-refractivity contribution in [1.82, 2.24) is 15.1 Å². The summed E-state index contributed by atoms with van der Waals surface area (Å²) in [4.78, 5) is 27.0. The lowest BCUT2D eigenvalue weighted by Crippen LogP contribution is -2.56. The Labute approximate surface area is 131 Å². The molecule has 124 valence electrons. The summed E-state index contributed by atoms with van der Waals surface area (Å²) < 4.78 is 0. The maximum atomic E-state index is 12.3. The number of aliphatic carboxylic acids is 1. The van der Waals surface area contributed by atoms with E-state index in [0.717, 1.165) is 32.5 Å². The highest BCUT2D eigenvalue weighted by molar-refractivity contribution is 5.75. The number of likely N-dealkylation sites (tertiary alicyclic amines) is 1. The molecule has 3 rings (SSSR count). The van der Waals surface area contributed by atoms with Gasteiger partial charge in [-0.2, -0.15) is 0 Å². The SMILES string of the molecule is CCN(CC(=O)O)C1CC(NC(=O)N2CC3C(C2)C3(C)C)C1. The average molecular weight is 309 g/mol. The lowest BCUT2D eigenvalue weighted by Gasteiger charge is -2.42. The van der Waals surface area contributed by atoms with E-state index in [9.17, 15) is 9.59 Å². The van der Waals surface area contributed by atoms with Crippen molar-refractivity contribution in [1.29, 1.82) is 0 Å². The van der Waals surface area contributed by atoms with Gasteiger partial charge in [0.2, 0.25) is 0 Å². The molecule has 6 heteroatoms. The van der Waals surface area contributed by atoms with Gasteiger partial charge in [0, 0.05) is 25.2 Å². The second-order valence-electron chi connectivity index (χ2n) is 7.67. The van der Waals surface area contributed by atoms with E-state index in [4.69, 9.17) is 5.11 Å². The Balaban J connectivity index is 1.39. The molecule has 3 fully saturated rings. The molecule has 2 aliphatic carbocycles. The van der Waals surface area contributed by atoms with Crippen LogP contribution in [0.25, 0.3) is 0 Å². The predicted octanol–water partition coefficient (Wildman–Crippen LogP) is 1.22. The number of carbonyl (C=O) groups excluding carboxylic acids is 1. The summed E-state index contributed by atoms with van der Waals surface area (Å²) in [6.45, 7) is 9.16. The molecule has 0 aromatic heterocycles. The summed E-state index contributed by atoms with van der Waals surface area (Å²) in [7, 11) is 0. The van der Waals surface area contributed by atoms with Gasteiger partial charge in [-0.25, -0.2) is 4.79 Å². The van der Waals surface area contributed by atoms with Gasteiger partial charge < -0.3 is 15.3 Å². The molecule has 2 N–H and O–H groups in total. The number of fused-ring (bicyclic) bond motifs is 1. The van der Waals surface area contributed by atoms with E-state index in [1.165, 1.54) is 0 Å². The fourth-order valence-corrected chi connectivity index (χ4v) is 4.24.